The predicted molar refractivity (Wildman–Crippen MR) is 187 cm³/mol. The number of thioether (sulfide) groups is 1. The maximum atomic E-state index is 13.6. The molecule has 0 saturated heterocycles. The first-order valence-electron chi connectivity index (χ1n) is 16.8. The molecule has 0 bridgehead atoms. The van der Waals surface area contributed by atoms with E-state index in [0.717, 1.165) is 0 Å². The number of hydrogen-bond donors (Lipinski definition) is 10. The van der Waals surface area contributed by atoms with Gasteiger partial charge in [0.2, 0.25) is 29.5 Å². The second-order valence-electron chi connectivity index (χ2n) is 12.0. The van der Waals surface area contributed by atoms with E-state index in [1.54, 1.807) is 6.26 Å². The molecule has 0 aromatic rings. The highest BCUT2D eigenvalue weighted by Gasteiger charge is 2.34. The van der Waals surface area contributed by atoms with Crippen LogP contribution in [0.15, 0.2) is 0 Å². The van der Waals surface area contributed by atoms with Crippen LogP contribution in [0.5, 0.6) is 0 Å². The zero-order valence-corrected chi connectivity index (χ0v) is 30.9. The van der Waals surface area contributed by atoms with Crippen molar-refractivity contribution in [2.45, 2.75) is 108 Å². The molecule has 0 aromatic carbocycles. The molecule has 10 N–H and O–H groups in total. The van der Waals surface area contributed by atoms with Crippen LogP contribution < -0.4 is 26.6 Å². The highest BCUT2D eigenvalue weighted by molar-refractivity contribution is 7.98. The van der Waals surface area contributed by atoms with Gasteiger partial charge in [-0.25, -0.2) is 0 Å². The third kappa shape index (κ3) is 21.0. The number of carboxylic acid groups (broad SMARTS) is 5. The van der Waals surface area contributed by atoms with Crippen LogP contribution in [-0.2, 0) is 57.5 Å². The fourth-order valence-electron chi connectivity index (χ4n) is 4.71. The number of nitrogens with one attached hydrogen (secondary N) is 5. The summed E-state index contributed by atoms with van der Waals surface area (Å²) in [4.78, 5) is 146. The standard InChI is InChI=1S/C32H47N5O17S/c1-3-16(15-38)28(50)17(4-8-23(40)41)34-29(51)18(5-9-24(42)43)35-31(53)20(12-13-55-2)37-30(52)19(6-10-25(44)45)36-32(54)21(14-27(48)49)33-22(39)7-11-26(46)47/h15-21H,3-14H2,1-2H3,(H,33,39)(H,34,51)(H,35,53)(H,36,54)(H,37,52)(H,40,41)(H,42,43)(H,44,45)(H,46,47)(H,48,49)/t16-,17-,18-,19-,20-,21-/m0/s1. The van der Waals surface area contributed by atoms with Crippen LogP contribution in [0.25, 0.3) is 0 Å². The van der Waals surface area contributed by atoms with Crippen molar-refractivity contribution in [3.8, 4) is 0 Å². The van der Waals surface area contributed by atoms with E-state index >= 15 is 0 Å². The molecule has 0 saturated carbocycles. The number of Topliss-reactive ketones (excluding diaryl/α,β-unsaturated/α-hetero) is 1. The minimum Gasteiger partial charge on any atom is -0.481 e. The molecule has 0 radical (unpaired) electrons. The Labute approximate surface area is 318 Å². The number of rotatable bonds is 30. The first-order chi connectivity index (χ1) is 25.7. The van der Waals surface area contributed by atoms with E-state index < -0.39 is 159 Å². The van der Waals surface area contributed by atoms with Gasteiger partial charge in [0.15, 0.2) is 5.78 Å². The Morgan fingerprint density at radius 1 is 0.509 bits per heavy atom. The zero-order valence-electron chi connectivity index (χ0n) is 30.1. The SMILES string of the molecule is CC[C@@H](C=O)C(=O)[C@H](CCC(=O)O)NC(=O)[C@H](CCC(=O)O)NC(=O)[C@H](CCSC)NC(=O)[C@H](CCC(=O)O)NC(=O)[C@H](CC(=O)O)NC(=O)CCC(=O)O. The van der Waals surface area contributed by atoms with Crippen molar-refractivity contribution in [3.05, 3.63) is 0 Å². The second-order valence-corrected chi connectivity index (χ2v) is 13.0. The van der Waals surface area contributed by atoms with Crippen molar-refractivity contribution in [1.82, 2.24) is 26.6 Å². The van der Waals surface area contributed by atoms with Gasteiger partial charge in [-0.05, 0) is 44.1 Å². The van der Waals surface area contributed by atoms with Gasteiger partial charge in [0.25, 0.3) is 0 Å². The summed E-state index contributed by atoms with van der Waals surface area (Å²) in [7, 11) is 0. The average Bonchev–Trinajstić information content (AvgIpc) is 3.10. The molecular formula is C32H47N5O17S. The van der Waals surface area contributed by atoms with E-state index in [0.29, 0.717) is 6.29 Å². The molecule has 0 aliphatic rings. The maximum Gasteiger partial charge on any atom is 0.305 e. The van der Waals surface area contributed by atoms with Crippen LogP contribution in [0.2, 0.25) is 0 Å². The first kappa shape index (κ1) is 49.4. The molecule has 22 nitrogen and oxygen atoms in total. The number of aliphatic carboxylic acids is 5. The lowest BCUT2D eigenvalue weighted by molar-refractivity contribution is -0.142. The molecule has 0 aromatic heterocycles. The van der Waals surface area contributed by atoms with Crippen LogP contribution in [0.3, 0.4) is 0 Å². The Bertz CT molecular complexity index is 1440. The quantitative estimate of drug-likeness (QED) is 0.0274. The number of carboxylic acids is 5. The molecule has 0 fully saturated rings. The van der Waals surface area contributed by atoms with Gasteiger partial charge in [0.1, 0.15) is 30.5 Å². The highest BCUT2D eigenvalue weighted by Crippen LogP contribution is 2.12. The molecule has 308 valence electrons. The largest absolute Gasteiger partial charge is 0.481 e. The second kappa shape index (κ2) is 26.2. The molecule has 0 aliphatic heterocycles. The van der Waals surface area contributed by atoms with Gasteiger partial charge in [-0.15, -0.1) is 0 Å². The fraction of sp³-hybridized carbons (Fsp3) is 0.625. The van der Waals surface area contributed by atoms with E-state index in [-0.39, 0.29) is 18.6 Å². The molecule has 5 amide bonds. The summed E-state index contributed by atoms with van der Waals surface area (Å²) in [6.07, 6.45) is -4.09. The van der Waals surface area contributed by atoms with Gasteiger partial charge < -0.3 is 56.9 Å². The van der Waals surface area contributed by atoms with Crippen molar-refractivity contribution in [3.63, 3.8) is 0 Å². The number of hydrogen-bond acceptors (Lipinski definition) is 13. The van der Waals surface area contributed by atoms with E-state index in [4.69, 9.17) is 10.2 Å². The van der Waals surface area contributed by atoms with E-state index in [1.165, 1.54) is 18.7 Å². The molecule has 0 unspecified atom stereocenters. The van der Waals surface area contributed by atoms with Crippen molar-refractivity contribution in [2.75, 3.05) is 12.0 Å². The summed E-state index contributed by atoms with van der Waals surface area (Å²) < 4.78 is 0. The number of amides is 5. The molecule has 23 heteroatoms. The minimum absolute atomic E-state index is 0.0212. The van der Waals surface area contributed by atoms with Crippen LogP contribution in [0.4, 0.5) is 0 Å². The number of ketones is 1. The monoisotopic (exact) mass is 805 g/mol. The molecule has 0 rings (SSSR count). The molecule has 0 spiro atoms. The van der Waals surface area contributed by atoms with Gasteiger partial charge >= 0.3 is 29.8 Å². The molecule has 55 heavy (non-hydrogen) atoms. The Morgan fingerprint density at radius 2 is 0.891 bits per heavy atom. The number of carbonyl (C=O) groups excluding carboxylic acids is 7. The molecular weight excluding hydrogens is 758 g/mol. The summed E-state index contributed by atoms with van der Waals surface area (Å²) in [5.41, 5.74) is 0. The van der Waals surface area contributed by atoms with Gasteiger partial charge in [-0.1, -0.05) is 6.92 Å². The third-order valence-corrected chi connectivity index (χ3v) is 8.32. The van der Waals surface area contributed by atoms with Gasteiger partial charge in [-0.2, -0.15) is 11.8 Å². The summed E-state index contributed by atoms with van der Waals surface area (Å²) in [5.74, 6) is -14.5. The lowest BCUT2D eigenvalue weighted by Gasteiger charge is -2.27. The van der Waals surface area contributed by atoms with Gasteiger partial charge in [-0.3, -0.25) is 52.7 Å². The van der Waals surface area contributed by atoms with Gasteiger partial charge in [0, 0.05) is 25.7 Å². The molecule has 0 aliphatic carbocycles. The lowest BCUT2D eigenvalue weighted by Crippen LogP contribution is -2.59. The van der Waals surface area contributed by atoms with Crippen molar-refractivity contribution in [2.24, 2.45) is 5.92 Å². The lowest BCUT2D eigenvalue weighted by atomic mass is 9.93. The van der Waals surface area contributed by atoms with Crippen LogP contribution in [0, 0.1) is 5.92 Å². The molecule has 0 heterocycles. The smallest absolute Gasteiger partial charge is 0.305 e. The van der Waals surface area contributed by atoms with Crippen molar-refractivity contribution < 1.29 is 83.1 Å². The first-order valence-corrected chi connectivity index (χ1v) is 18.2. The summed E-state index contributed by atoms with van der Waals surface area (Å²) >= 11 is 1.21. The Hall–Kier alpha value is -5.61. The van der Waals surface area contributed by atoms with Crippen molar-refractivity contribution >= 4 is 83.2 Å². The summed E-state index contributed by atoms with van der Waals surface area (Å²) in [6, 6.07) is -8.32. The summed E-state index contributed by atoms with van der Waals surface area (Å²) in [5, 5.41) is 56.7. The number of carbonyl (C=O) groups is 12. The van der Waals surface area contributed by atoms with Gasteiger partial charge in [0.05, 0.1) is 24.8 Å². The van der Waals surface area contributed by atoms with E-state index in [9.17, 15) is 72.9 Å². The Kier molecular flexibility index (Phi) is 23.5. The molecule has 6 atom stereocenters. The maximum absolute atomic E-state index is 13.6. The predicted octanol–water partition coefficient (Wildman–Crippen LogP) is -2.11. The Balaban J connectivity index is 6.41. The normalized spacial score (nSPS) is 13.9. The fourth-order valence-corrected chi connectivity index (χ4v) is 5.19. The van der Waals surface area contributed by atoms with Crippen LogP contribution in [0.1, 0.15) is 77.6 Å². The average molecular weight is 806 g/mol. The van der Waals surface area contributed by atoms with Crippen LogP contribution >= 0.6 is 11.8 Å². The Morgan fingerprint density at radius 3 is 1.25 bits per heavy atom. The van der Waals surface area contributed by atoms with Crippen LogP contribution in [-0.4, -0.2) is 139 Å². The van der Waals surface area contributed by atoms with E-state index in [1.807, 2.05) is 5.32 Å². The zero-order chi connectivity index (χ0) is 42.2. The highest BCUT2D eigenvalue weighted by atomic mass is 32.2. The van der Waals surface area contributed by atoms with Crippen molar-refractivity contribution in [1.29, 1.82) is 0 Å². The number of aldehydes is 1. The van der Waals surface area contributed by atoms with E-state index in [2.05, 4.69) is 21.3 Å². The third-order valence-electron chi connectivity index (χ3n) is 7.68. The topological polar surface area (TPSA) is 366 Å². The summed E-state index contributed by atoms with van der Waals surface area (Å²) in [6.45, 7) is 1.50. The minimum atomic E-state index is -1.84.